The molecule has 0 saturated heterocycles. The number of aromatic nitrogens is 2. The molecule has 0 aliphatic heterocycles. The Kier molecular flexibility index (Phi) is 6.14. The molecule has 6 nitrogen and oxygen atoms in total. The largest absolute Gasteiger partial charge is 0.423 e. The second-order valence-corrected chi connectivity index (χ2v) is 5.46. The Hall–Kier alpha value is -2.37. The molecule has 2 rings (SSSR count). The standard InChI is InChI=1S/C17H24N4O2/c1-4-15-19-20-16(23-15)12-21(5-2)17(22)18-11-13(3)14-9-7-6-8-10-14/h6-10,13H,4-5,11-12H2,1-3H3,(H,18,22). The lowest BCUT2D eigenvalue weighted by Gasteiger charge is -2.21. The quantitative estimate of drug-likeness (QED) is 0.852. The zero-order chi connectivity index (χ0) is 16.7. The third-order valence-corrected chi connectivity index (χ3v) is 3.73. The predicted molar refractivity (Wildman–Crippen MR) is 88.0 cm³/mol. The van der Waals surface area contributed by atoms with Crippen molar-refractivity contribution in [3.63, 3.8) is 0 Å². The van der Waals surface area contributed by atoms with E-state index in [0.717, 1.165) is 0 Å². The normalized spacial score (nSPS) is 12.0. The Bertz CT molecular complexity index is 612. The average Bonchev–Trinajstić information content (AvgIpc) is 3.05. The van der Waals surface area contributed by atoms with E-state index < -0.39 is 0 Å². The Morgan fingerprint density at radius 2 is 1.91 bits per heavy atom. The van der Waals surface area contributed by atoms with E-state index in [1.54, 1.807) is 4.90 Å². The molecule has 1 aromatic carbocycles. The second kappa shape index (κ2) is 8.31. The molecule has 1 aromatic heterocycles. The predicted octanol–water partition coefficient (Wildman–Crippen LogP) is 2.97. The lowest BCUT2D eigenvalue weighted by molar-refractivity contribution is 0.191. The maximum Gasteiger partial charge on any atom is 0.317 e. The van der Waals surface area contributed by atoms with E-state index in [-0.39, 0.29) is 11.9 Å². The van der Waals surface area contributed by atoms with Crippen LogP contribution in [0.15, 0.2) is 34.7 Å². The van der Waals surface area contributed by atoms with Crippen LogP contribution in [0.2, 0.25) is 0 Å². The van der Waals surface area contributed by atoms with Gasteiger partial charge < -0.3 is 14.6 Å². The van der Waals surface area contributed by atoms with Crippen LogP contribution < -0.4 is 5.32 Å². The monoisotopic (exact) mass is 316 g/mol. The summed E-state index contributed by atoms with van der Waals surface area (Å²) in [5.74, 6) is 1.32. The number of amides is 2. The summed E-state index contributed by atoms with van der Waals surface area (Å²) >= 11 is 0. The van der Waals surface area contributed by atoms with Gasteiger partial charge in [0.05, 0.1) is 0 Å². The van der Waals surface area contributed by atoms with Gasteiger partial charge in [0.2, 0.25) is 11.8 Å². The second-order valence-electron chi connectivity index (χ2n) is 5.46. The van der Waals surface area contributed by atoms with Crippen molar-refractivity contribution >= 4 is 6.03 Å². The minimum atomic E-state index is -0.119. The minimum Gasteiger partial charge on any atom is -0.423 e. The van der Waals surface area contributed by atoms with Crippen molar-refractivity contribution in [2.45, 2.75) is 39.7 Å². The summed E-state index contributed by atoms with van der Waals surface area (Å²) < 4.78 is 5.47. The molecule has 1 atom stereocenters. The number of hydrogen-bond acceptors (Lipinski definition) is 4. The lowest BCUT2D eigenvalue weighted by atomic mass is 10.0. The SMILES string of the molecule is CCc1nnc(CN(CC)C(=O)NCC(C)c2ccccc2)o1. The maximum absolute atomic E-state index is 12.3. The van der Waals surface area contributed by atoms with Crippen LogP contribution in [0.4, 0.5) is 4.79 Å². The zero-order valence-corrected chi connectivity index (χ0v) is 14.0. The summed E-state index contributed by atoms with van der Waals surface area (Å²) in [7, 11) is 0. The fourth-order valence-corrected chi connectivity index (χ4v) is 2.24. The van der Waals surface area contributed by atoms with E-state index >= 15 is 0 Å². The highest BCUT2D eigenvalue weighted by Crippen LogP contribution is 2.13. The molecule has 0 aliphatic rings. The highest BCUT2D eigenvalue weighted by Gasteiger charge is 2.16. The van der Waals surface area contributed by atoms with Crippen molar-refractivity contribution in [3.8, 4) is 0 Å². The molecule has 1 N–H and O–H groups in total. The Labute approximate surface area is 136 Å². The van der Waals surface area contributed by atoms with Gasteiger partial charge in [-0.2, -0.15) is 0 Å². The van der Waals surface area contributed by atoms with Crippen LogP contribution in [0.25, 0.3) is 0 Å². The number of urea groups is 1. The number of rotatable bonds is 7. The first kappa shape index (κ1) is 17.0. The number of carbonyl (C=O) groups is 1. The molecule has 0 radical (unpaired) electrons. The summed E-state index contributed by atoms with van der Waals surface area (Å²) in [6.45, 7) is 7.47. The molecule has 23 heavy (non-hydrogen) atoms. The third-order valence-electron chi connectivity index (χ3n) is 3.73. The Morgan fingerprint density at radius 3 is 2.52 bits per heavy atom. The first-order valence-corrected chi connectivity index (χ1v) is 8.03. The molecule has 124 valence electrons. The fraction of sp³-hybridized carbons (Fsp3) is 0.471. The fourth-order valence-electron chi connectivity index (χ4n) is 2.24. The van der Waals surface area contributed by atoms with Crippen molar-refractivity contribution in [2.75, 3.05) is 13.1 Å². The summed E-state index contributed by atoms with van der Waals surface area (Å²) in [6, 6.07) is 10.0. The molecule has 0 fully saturated rings. The highest BCUT2D eigenvalue weighted by atomic mass is 16.4. The number of hydrogen-bond donors (Lipinski definition) is 1. The first-order chi connectivity index (χ1) is 11.1. The summed E-state index contributed by atoms with van der Waals surface area (Å²) in [5, 5.41) is 10.9. The van der Waals surface area contributed by atoms with Gasteiger partial charge in [0.15, 0.2) is 0 Å². The minimum absolute atomic E-state index is 0.119. The van der Waals surface area contributed by atoms with Crippen LogP contribution in [0.5, 0.6) is 0 Å². The van der Waals surface area contributed by atoms with Gasteiger partial charge in [-0.05, 0) is 18.4 Å². The molecule has 2 amide bonds. The molecule has 1 unspecified atom stereocenters. The van der Waals surface area contributed by atoms with Gasteiger partial charge in [-0.25, -0.2) is 4.79 Å². The number of aryl methyl sites for hydroxylation is 1. The van der Waals surface area contributed by atoms with Crippen LogP contribution in [-0.4, -0.2) is 34.2 Å². The van der Waals surface area contributed by atoms with E-state index in [1.807, 2.05) is 32.0 Å². The van der Waals surface area contributed by atoms with E-state index in [9.17, 15) is 4.79 Å². The molecule has 0 aliphatic carbocycles. The Balaban J connectivity index is 1.87. The van der Waals surface area contributed by atoms with Crippen molar-refractivity contribution in [1.82, 2.24) is 20.4 Å². The van der Waals surface area contributed by atoms with E-state index in [0.29, 0.717) is 37.8 Å². The molecule has 0 spiro atoms. The van der Waals surface area contributed by atoms with Crippen molar-refractivity contribution in [1.29, 1.82) is 0 Å². The topological polar surface area (TPSA) is 71.3 Å². The molecule has 6 heteroatoms. The molecule has 2 aromatic rings. The highest BCUT2D eigenvalue weighted by molar-refractivity contribution is 5.74. The molecule has 0 saturated carbocycles. The van der Waals surface area contributed by atoms with Crippen LogP contribution in [-0.2, 0) is 13.0 Å². The number of carbonyl (C=O) groups excluding carboxylic acids is 1. The van der Waals surface area contributed by atoms with Gasteiger partial charge in [0.25, 0.3) is 0 Å². The molecule has 1 heterocycles. The smallest absolute Gasteiger partial charge is 0.317 e. The number of benzene rings is 1. The van der Waals surface area contributed by atoms with Gasteiger partial charge in [0.1, 0.15) is 6.54 Å². The number of nitrogens with one attached hydrogen (secondary N) is 1. The van der Waals surface area contributed by atoms with Gasteiger partial charge in [-0.3, -0.25) is 0 Å². The first-order valence-electron chi connectivity index (χ1n) is 8.03. The average molecular weight is 316 g/mol. The van der Waals surface area contributed by atoms with E-state index in [2.05, 4.69) is 34.6 Å². The zero-order valence-electron chi connectivity index (χ0n) is 14.0. The lowest BCUT2D eigenvalue weighted by Crippen LogP contribution is -2.40. The summed E-state index contributed by atoms with van der Waals surface area (Å²) in [4.78, 5) is 14.0. The van der Waals surface area contributed by atoms with Crippen molar-refractivity contribution in [3.05, 3.63) is 47.7 Å². The molecule has 0 bridgehead atoms. The van der Waals surface area contributed by atoms with E-state index in [1.165, 1.54) is 5.56 Å². The van der Waals surface area contributed by atoms with Crippen LogP contribution in [0.1, 0.15) is 44.0 Å². The van der Waals surface area contributed by atoms with Gasteiger partial charge >= 0.3 is 6.03 Å². The summed E-state index contributed by atoms with van der Waals surface area (Å²) in [6.07, 6.45) is 0.694. The van der Waals surface area contributed by atoms with Crippen LogP contribution >= 0.6 is 0 Å². The van der Waals surface area contributed by atoms with Crippen molar-refractivity contribution in [2.24, 2.45) is 0 Å². The van der Waals surface area contributed by atoms with Gasteiger partial charge in [0, 0.05) is 19.5 Å². The van der Waals surface area contributed by atoms with Crippen LogP contribution in [0.3, 0.4) is 0 Å². The van der Waals surface area contributed by atoms with Crippen LogP contribution in [0, 0.1) is 0 Å². The third kappa shape index (κ3) is 4.81. The maximum atomic E-state index is 12.3. The summed E-state index contributed by atoms with van der Waals surface area (Å²) in [5.41, 5.74) is 1.21. The Morgan fingerprint density at radius 1 is 1.22 bits per heavy atom. The number of nitrogens with zero attached hydrogens (tertiary/aromatic N) is 3. The molecular formula is C17H24N4O2. The van der Waals surface area contributed by atoms with E-state index in [4.69, 9.17) is 4.42 Å². The van der Waals surface area contributed by atoms with Crippen molar-refractivity contribution < 1.29 is 9.21 Å². The van der Waals surface area contributed by atoms with Gasteiger partial charge in [-0.1, -0.05) is 44.2 Å². The molecular weight excluding hydrogens is 292 g/mol. The van der Waals surface area contributed by atoms with Gasteiger partial charge in [-0.15, -0.1) is 10.2 Å².